The van der Waals surface area contributed by atoms with Gasteiger partial charge in [0, 0.05) is 10.8 Å². The molecule has 0 aromatic heterocycles. The Bertz CT molecular complexity index is 1070. The molecule has 2 bridgehead atoms. The van der Waals surface area contributed by atoms with Gasteiger partial charge in [0.2, 0.25) is 0 Å². The molecular weight excluding hydrogens is 448 g/mol. The minimum absolute atomic E-state index is 0.197. The molecule has 0 N–H and O–H groups in total. The van der Waals surface area contributed by atoms with Gasteiger partial charge in [-0.15, -0.1) is 0 Å². The molecule has 2 aromatic carbocycles. The predicted octanol–water partition coefficient (Wildman–Crippen LogP) is 7.92. The highest BCUT2D eigenvalue weighted by atomic mass is 16.6. The number of benzene rings is 2. The summed E-state index contributed by atoms with van der Waals surface area (Å²) >= 11 is 0. The van der Waals surface area contributed by atoms with E-state index in [0.29, 0.717) is 28.9 Å². The number of ether oxygens (including phenoxy) is 2. The van der Waals surface area contributed by atoms with Gasteiger partial charge in [-0.05, 0) is 78.8 Å². The van der Waals surface area contributed by atoms with Crippen molar-refractivity contribution in [2.45, 2.75) is 98.2 Å². The van der Waals surface area contributed by atoms with Crippen molar-refractivity contribution in [1.82, 2.24) is 0 Å². The molecule has 0 heterocycles. The lowest BCUT2D eigenvalue weighted by molar-refractivity contribution is -0.210. The molecule has 0 aliphatic heterocycles. The molecule has 4 heteroatoms. The number of carbonyl (C=O) groups excluding carboxylic acids is 2. The van der Waals surface area contributed by atoms with Crippen molar-refractivity contribution in [3.05, 3.63) is 70.8 Å². The Morgan fingerprint density at radius 1 is 0.667 bits per heavy atom. The van der Waals surface area contributed by atoms with Crippen LogP contribution in [-0.2, 0) is 9.47 Å². The summed E-state index contributed by atoms with van der Waals surface area (Å²) in [7, 11) is 0. The molecule has 194 valence electrons. The molecule has 4 nitrogen and oxygen atoms in total. The molecule has 0 amide bonds. The largest absolute Gasteiger partial charge is 0.454 e. The summed E-state index contributed by atoms with van der Waals surface area (Å²) < 4.78 is 12.6. The van der Waals surface area contributed by atoms with Gasteiger partial charge in [-0.3, -0.25) is 0 Å². The van der Waals surface area contributed by atoms with Crippen LogP contribution < -0.4 is 0 Å². The third-order valence-electron chi connectivity index (χ3n) is 9.10. The second kappa shape index (κ2) is 10.0. The number of hydrogen-bond donors (Lipinski definition) is 0. The van der Waals surface area contributed by atoms with Gasteiger partial charge in [0.15, 0.2) is 0 Å². The van der Waals surface area contributed by atoms with Gasteiger partial charge in [0.1, 0.15) is 12.2 Å². The molecule has 2 atom stereocenters. The molecular formula is C32H42O4. The molecule has 36 heavy (non-hydrogen) atoms. The number of fused-ring (bicyclic) bond motifs is 3. The lowest BCUT2D eigenvalue weighted by atomic mass is 9.48. The zero-order chi connectivity index (χ0) is 26.3. The van der Waals surface area contributed by atoms with Gasteiger partial charge >= 0.3 is 11.9 Å². The molecule has 0 radical (unpaired) electrons. The quantitative estimate of drug-likeness (QED) is 0.370. The van der Waals surface area contributed by atoms with Crippen molar-refractivity contribution in [2.75, 3.05) is 0 Å². The minimum Gasteiger partial charge on any atom is -0.454 e. The first kappa shape index (κ1) is 26.4. The van der Waals surface area contributed by atoms with Crippen LogP contribution in [0, 0.1) is 16.7 Å². The molecule has 2 unspecified atom stereocenters. The van der Waals surface area contributed by atoms with Crippen LogP contribution in [0.15, 0.2) is 48.5 Å². The van der Waals surface area contributed by atoms with E-state index < -0.39 is 12.2 Å². The Morgan fingerprint density at radius 2 is 1.06 bits per heavy atom. The normalized spacial score (nSPS) is 27.5. The van der Waals surface area contributed by atoms with Crippen LogP contribution in [-0.4, -0.2) is 24.1 Å². The van der Waals surface area contributed by atoms with Crippen LogP contribution in [0.2, 0.25) is 0 Å². The Labute approximate surface area is 216 Å². The zero-order valence-corrected chi connectivity index (χ0v) is 23.0. The summed E-state index contributed by atoms with van der Waals surface area (Å²) in [6.07, 6.45) is 2.93. The van der Waals surface area contributed by atoms with E-state index in [-0.39, 0.29) is 22.8 Å². The van der Waals surface area contributed by atoms with Crippen molar-refractivity contribution < 1.29 is 19.1 Å². The molecule has 5 rings (SSSR count). The van der Waals surface area contributed by atoms with Crippen LogP contribution in [0.4, 0.5) is 0 Å². The molecule has 2 aromatic rings. The van der Waals surface area contributed by atoms with Gasteiger partial charge < -0.3 is 9.47 Å². The van der Waals surface area contributed by atoms with E-state index in [1.54, 1.807) is 0 Å². The van der Waals surface area contributed by atoms with Crippen molar-refractivity contribution in [3.8, 4) is 0 Å². The highest BCUT2D eigenvalue weighted by Crippen LogP contribution is 2.61. The smallest absolute Gasteiger partial charge is 0.338 e. The van der Waals surface area contributed by atoms with Gasteiger partial charge in [0.05, 0.1) is 11.1 Å². The molecule has 3 saturated carbocycles. The van der Waals surface area contributed by atoms with E-state index in [2.05, 4.69) is 48.5 Å². The topological polar surface area (TPSA) is 52.6 Å². The third-order valence-corrected chi connectivity index (χ3v) is 9.10. The van der Waals surface area contributed by atoms with Gasteiger partial charge in [-0.1, -0.05) is 72.7 Å². The van der Waals surface area contributed by atoms with E-state index in [1.807, 2.05) is 48.5 Å². The SMILES string of the molecule is CC(C)c1ccc(C(=O)OC2C(OC(=O)c3ccc(C(C)C)cc3)C3(C(C)C)CCC2(C)CC3)cc1. The van der Waals surface area contributed by atoms with Crippen LogP contribution >= 0.6 is 0 Å². The number of rotatable bonds is 7. The fourth-order valence-corrected chi connectivity index (χ4v) is 6.19. The Balaban J connectivity index is 1.62. The van der Waals surface area contributed by atoms with Crippen molar-refractivity contribution in [3.63, 3.8) is 0 Å². The first-order valence-electron chi connectivity index (χ1n) is 13.6. The van der Waals surface area contributed by atoms with Gasteiger partial charge in [-0.25, -0.2) is 9.59 Å². The minimum atomic E-state index is -0.474. The Hall–Kier alpha value is -2.62. The Morgan fingerprint density at radius 3 is 1.42 bits per heavy atom. The van der Waals surface area contributed by atoms with Crippen LogP contribution in [0.3, 0.4) is 0 Å². The highest BCUT2D eigenvalue weighted by Gasteiger charge is 2.63. The van der Waals surface area contributed by atoms with E-state index in [9.17, 15) is 9.59 Å². The lowest BCUT2D eigenvalue weighted by Crippen LogP contribution is -2.64. The summed E-state index contributed by atoms with van der Waals surface area (Å²) in [4.78, 5) is 26.7. The number of hydrogen-bond acceptors (Lipinski definition) is 4. The maximum Gasteiger partial charge on any atom is 0.338 e. The van der Waals surface area contributed by atoms with Crippen molar-refractivity contribution in [2.24, 2.45) is 16.7 Å². The van der Waals surface area contributed by atoms with Gasteiger partial charge in [-0.2, -0.15) is 0 Å². The van der Waals surface area contributed by atoms with Gasteiger partial charge in [0.25, 0.3) is 0 Å². The fraction of sp³-hybridized carbons (Fsp3) is 0.562. The number of esters is 2. The summed E-state index contributed by atoms with van der Waals surface area (Å²) in [6, 6.07) is 15.3. The molecule has 0 spiro atoms. The van der Waals surface area contributed by atoms with Crippen LogP contribution in [0.5, 0.6) is 0 Å². The first-order valence-corrected chi connectivity index (χ1v) is 13.6. The predicted molar refractivity (Wildman–Crippen MR) is 143 cm³/mol. The summed E-state index contributed by atoms with van der Waals surface area (Å²) in [5.41, 5.74) is 3.04. The zero-order valence-electron chi connectivity index (χ0n) is 23.0. The second-order valence-electron chi connectivity index (χ2n) is 12.2. The standard InChI is InChI=1S/C32H42O4/c1-20(2)23-8-12-25(13-9-23)29(33)35-27-28(32(22(5)6)18-16-31(27,7)17-19-32)36-30(34)26-14-10-24(11-15-26)21(3)4/h8-15,20-22,27-28H,16-19H2,1-7H3. The van der Waals surface area contributed by atoms with Crippen LogP contribution in [0.25, 0.3) is 0 Å². The Kier molecular flexibility index (Phi) is 7.37. The van der Waals surface area contributed by atoms with Crippen molar-refractivity contribution >= 4 is 11.9 Å². The monoisotopic (exact) mass is 490 g/mol. The fourth-order valence-electron chi connectivity index (χ4n) is 6.19. The molecule has 3 aliphatic carbocycles. The second-order valence-corrected chi connectivity index (χ2v) is 12.2. The first-order chi connectivity index (χ1) is 17.0. The maximum absolute atomic E-state index is 13.4. The number of carbonyl (C=O) groups is 2. The lowest BCUT2D eigenvalue weighted by Gasteiger charge is -2.61. The van der Waals surface area contributed by atoms with E-state index in [1.165, 1.54) is 11.1 Å². The highest BCUT2D eigenvalue weighted by molar-refractivity contribution is 5.90. The molecule has 0 saturated heterocycles. The maximum atomic E-state index is 13.4. The summed E-state index contributed by atoms with van der Waals surface area (Å²) in [6.45, 7) is 15.1. The summed E-state index contributed by atoms with van der Waals surface area (Å²) in [5, 5.41) is 0. The molecule has 3 aliphatic rings. The van der Waals surface area contributed by atoms with E-state index in [0.717, 1.165) is 25.7 Å². The van der Waals surface area contributed by atoms with Crippen LogP contribution in [0.1, 0.15) is 118 Å². The molecule has 3 fully saturated rings. The van der Waals surface area contributed by atoms with E-state index in [4.69, 9.17) is 9.47 Å². The third kappa shape index (κ3) is 4.84. The van der Waals surface area contributed by atoms with Crippen molar-refractivity contribution in [1.29, 1.82) is 0 Å². The van der Waals surface area contributed by atoms with E-state index >= 15 is 0 Å². The summed E-state index contributed by atoms with van der Waals surface area (Å²) in [5.74, 6) is 0.410. The average Bonchev–Trinajstić information content (AvgIpc) is 2.86. The average molecular weight is 491 g/mol.